The molecule has 12 heteroatoms. The average molecular weight is 1480 g/mol. The van der Waals surface area contributed by atoms with E-state index < -0.39 is 68.6 Å². The summed E-state index contributed by atoms with van der Waals surface area (Å²) in [7, 11) is 0. The summed E-state index contributed by atoms with van der Waals surface area (Å²) < 4.78 is 184. The molecule has 0 fully saturated rings. The molecule has 0 N–H and O–H groups in total. The summed E-state index contributed by atoms with van der Waals surface area (Å²) in [5.41, 5.74) is 6.36. The van der Waals surface area contributed by atoms with Crippen molar-refractivity contribution in [3.8, 4) is 100 Å². The highest BCUT2D eigenvalue weighted by Crippen LogP contribution is 2.68. The third kappa shape index (κ3) is 10.5. The molecule has 0 spiro atoms. The molecule has 0 heterocycles. The smallest absolute Gasteiger partial charge is 0.169 e. The van der Waals surface area contributed by atoms with Gasteiger partial charge in [-0.2, -0.15) is 52.7 Å². The third-order valence-corrected chi connectivity index (χ3v) is 25.7. The molecule has 0 radical (unpaired) electrons. The quantitative estimate of drug-likeness (QED) is 0.0593. The number of unbranched alkanes of at least 4 members (excludes halogenated alkanes) is 10. The third-order valence-electron chi connectivity index (χ3n) is 25.7. The minimum atomic E-state index is -5.68. The van der Waals surface area contributed by atoms with Crippen LogP contribution in [-0.2, 0) is 27.1 Å². The molecular weight excluding hydrogens is 1390 g/mol. The summed E-state index contributed by atoms with van der Waals surface area (Å²) in [6.07, 6.45) is -7.05. The van der Waals surface area contributed by atoms with Crippen LogP contribution in [0.15, 0.2) is 218 Å². The van der Waals surface area contributed by atoms with Gasteiger partial charge < -0.3 is 0 Å². The van der Waals surface area contributed by atoms with Crippen LogP contribution in [-0.4, -0.2) is 24.7 Å². The van der Waals surface area contributed by atoms with E-state index in [4.69, 9.17) is 0 Å². The Morgan fingerprint density at radius 3 is 0.890 bits per heavy atom. The summed E-state index contributed by atoms with van der Waals surface area (Å²) in [6.45, 7) is 13.7. The first-order valence-corrected chi connectivity index (χ1v) is 38.5. The summed E-state index contributed by atoms with van der Waals surface area (Å²) in [5.74, 6) is 0. The van der Waals surface area contributed by atoms with Gasteiger partial charge in [-0.15, -0.1) is 0 Å². The van der Waals surface area contributed by atoms with E-state index in [0.29, 0.717) is 11.1 Å². The Kier molecular flexibility index (Phi) is 17.0. The Morgan fingerprint density at radius 1 is 0.229 bits per heavy atom. The molecule has 0 unspecified atom stereocenters. The number of rotatable bonds is 18. The molecule has 554 valence electrons. The van der Waals surface area contributed by atoms with Gasteiger partial charge in [0, 0.05) is 16.2 Å². The van der Waals surface area contributed by atoms with Crippen molar-refractivity contribution in [2.75, 3.05) is 0 Å². The lowest BCUT2D eigenvalue weighted by Crippen LogP contribution is -2.53. The maximum atomic E-state index is 15.3. The van der Waals surface area contributed by atoms with Crippen molar-refractivity contribution in [1.82, 2.24) is 0 Å². The van der Waals surface area contributed by atoms with E-state index in [2.05, 4.69) is 114 Å². The number of benzene rings is 12. The van der Waals surface area contributed by atoms with Crippen LogP contribution in [0.5, 0.6) is 0 Å². The molecular formula is C97H82F12. The van der Waals surface area contributed by atoms with Crippen LogP contribution in [0, 0.1) is 0 Å². The van der Waals surface area contributed by atoms with Gasteiger partial charge in [0.15, 0.2) is 0 Å². The Balaban J connectivity index is 0.774. The van der Waals surface area contributed by atoms with E-state index in [1.807, 2.05) is 36.4 Å². The molecule has 17 rings (SSSR count). The van der Waals surface area contributed by atoms with E-state index in [9.17, 15) is 0 Å². The van der Waals surface area contributed by atoms with Crippen molar-refractivity contribution >= 4 is 21.5 Å². The van der Waals surface area contributed by atoms with E-state index >= 15 is 52.7 Å². The lowest BCUT2D eigenvalue weighted by molar-refractivity contribution is -0.288. The van der Waals surface area contributed by atoms with Crippen molar-refractivity contribution in [1.29, 1.82) is 0 Å². The molecule has 109 heavy (non-hydrogen) atoms. The molecule has 0 nitrogen and oxygen atoms in total. The van der Waals surface area contributed by atoms with Gasteiger partial charge in [-0.1, -0.05) is 288 Å². The topological polar surface area (TPSA) is 0 Å². The summed E-state index contributed by atoms with van der Waals surface area (Å²) >= 11 is 0. The molecule has 0 saturated heterocycles. The number of hydrogen-bond donors (Lipinski definition) is 0. The summed E-state index contributed by atoms with van der Waals surface area (Å²) in [6, 6.07) is 64.6. The van der Waals surface area contributed by atoms with Crippen LogP contribution in [0.3, 0.4) is 0 Å². The first-order valence-electron chi connectivity index (χ1n) is 38.5. The molecule has 0 bridgehead atoms. The van der Waals surface area contributed by atoms with Crippen molar-refractivity contribution < 1.29 is 52.7 Å². The van der Waals surface area contributed by atoms with Gasteiger partial charge >= 0.3 is 24.7 Å². The average Bonchev–Trinajstić information content (AvgIpc) is 1.55. The van der Waals surface area contributed by atoms with Crippen LogP contribution in [0.25, 0.3) is 122 Å². The zero-order chi connectivity index (χ0) is 76.3. The second-order valence-corrected chi connectivity index (χ2v) is 32.3. The second-order valence-electron chi connectivity index (χ2n) is 32.3. The first-order chi connectivity index (χ1) is 52.0. The van der Waals surface area contributed by atoms with E-state index in [1.54, 1.807) is 36.4 Å². The minimum absolute atomic E-state index is 0.0882. The van der Waals surface area contributed by atoms with Gasteiger partial charge in [-0.05, 0) is 239 Å². The maximum absolute atomic E-state index is 15.3. The van der Waals surface area contributed by atoms with E-state index in [-0.39, 0.29) is 38.8 Å². The van der Waals surface area contributed by atoms with E-state index in [0.717, 1.165) is 143 Å². The molecule has 12 aromatic carbocycles. The van der Waals surface area contributed by atoms with Gasteiger partial charge in [0.1, 0.15) is 0 Å². The lowest BCUT2D eigenvalue weighted by Gasteiger charge is -2.36. The standard InChI is InChI=1S/C97H82F12/c1-7-9-11-13-15-25-47-91(48-26-16-14-12-10-8-2)81-55-75-79(89(3,4)85-51-71(63-27-17-19-31-69(63)87(75)85)59-39-35-57(36-40-59)61-43-45-67-65-29-21-23-33-77(65)92(83(67)49-61,94(98,99)100)95(101,102)103)53-73(81)74-54-80-76(56-82(74)91)88-70-32-20-18-28-64(70)72(52-86(88)90(80,5)6)60-41-37-58(38-42-60)62-44-46-68-66-30-22-24-34-78(66)93(84(68)50-62,96(104,105)106)97(107,108)109/h17-24,27-46,49-56H,7-16,25-26,47-48H2,1-6H3. The summed E-state index contributed by atoms with van der Waals surface area (Å²) in [5, 5.41) is 4.21. The van der Waals surface area contributed by atoms with Gasteiger partial charge in [0.25, 0.3) is 0 Å². The predicted octanol–water partition coefficient (Wildman–Crippen LogP) is 29.8. The fourth-order valence-electron chi connectivity index (χ4n) is 20.3. The highest BCUT2D eigenvalue weighted by atomic mass is 19.4. The molecule has 5 aliphatic rings. The monoisotopic (exact) mass is 1470 g/mol. The van der Waals surface area contributed by atoms with Crippen LogP contribution < -0.4 is 0 Å². The van der Waals surface area contributed by atoms with Crippen LogP contribution in [0.4, 0.5) is 52.7 Å². The highest BCUT2D eigenvalue weighted by Gasteiger charge is 2.77. The Labute approximate surface area is 628 Å². The van der Waals surface area contributed by atoms with Crippen molar-refractivity contribution in [2.24, 2.45) is 0 Å². The second kappa shape index (κ2) is 25.7. The van der Waals surface area contributed by atoms with Gasteiger partial charge in [-0.3, -0.25) is 0 Å². The highest BCUT2D eigenvalue weighted by molar-refractivity contribution is 6.12. The van der Waals surface area contributed by atoms with Crippen LogP contribution in [0.2, 0.25) is 0 Å². The molecule has 0 atom stereocenters. The van der Waals surface area contributed by atoms with Crippen molar-refractivity contribution in [2.45, 2.75) is 183 Å². The fraction of sp³-hybridized carbons (Fsp3) is 0.299. The number of hydrogen-bond acceptors (Lipinski definition) is 0. The maximum Gasteiger partial charge on any atom is 0.411 e. The van der Waals surface area contributed by atoms with Crippen LogP contribution in [0.1, 0.15) is 187 Å². The number of halogens is 12. The van der Waals surface area contributed by atoms with Crippen molar-refractivity contribution in [3.05, 3.63) is 274 Å². The van der Waals surface area contributed by atoms with Gasteiger partial charge in [0.05, 0.1) is 0 Å². The molecule has 5 aliphatic carbocycles. The Bertz CT molecular complexity index is 5280. The largest absolute Gasteiger partial charge is 0.411 e. The Morgan fingerprint density at radius 2 is 0.523 bits per heavy atom. The molecule has 0 saturated carbocycles. The lowest BCUT2D eigenvalue weighted by atomic mass is 9.69. The molecule has 0 amide bonds. The zero-order valence-electron chi connectivity index (χ0n) is 61.7. The zero-order valence-corrected chi connectivity index (χ0v) is 61.7. The minimum Gasteiger partial charge on any atom is -0.169 e. The normalized spacial score (nSPS) is 16.1. The number of fused-ring (bicyclic) bond motifs is 19. The SMILES string of the molecule is CCCCCCCCC1(CCCCCCCC)c2cc3c(cc2-c2cc4c(cc21)-c1c(cc(-c2ccc(-c5ccc6c(c5)C(C(F)(F)F)(C(F)(F)F)c5ccccc5-6)cc2)c2ccccc12)C4(C)C)C(C)(C)c1cc(-c2ccc(-c4ccc5c(c4)C(C(F)(F)F)(C(F)(F)F)c4ccccc4-5)cc2)c2ccccc2c1-3. The van der Waals surface area contributed by atoms with Crippen LogP contribution >= 0.6 is 0 Å². The molecule has 0 aromatic heterocycles. The van der Waals surface area contributed by atoms with Gasteiger partial charge in [0.2, 0.25) is 10.8 Å². The Hall–Kier alpha value is -9.68. The number of alkyl halides is 12. The molecule has 0 aliphatic heterocycles. The predicted molar refractivity (Wildman–Crippen MR) is 417 cm³/mol. The van der Waals surface area contributed by atoms with Crippen molar-refractivity contribution in [3.63, 3.8) is 0 Å². The molecule has 12 aromatic rings. The van der Waals surface area contributed by atoms with Gasteiger partial charge in [-0.25, -0.2) is 0 Å². The summed E-state index contributed by atoms with van der Waals surface area (Å²) in [4.78, 5) is 0. The fourth-order valence-corrected chi connectivity index (χ4v) is 20.3. The van der Waals surface area contributed by atoms with E-state index in [1.165, 1.54) is 130 Å². The first kappa shape index (κ1) is 72.2.